The second-order valence-corrected chi connectivity index (χ2v) is 5.55. The lowest BCUT2D eigenvalue weighted by Gasteiger charge is -2.33. The molecule has 5 heteroatoms. The first-order valence-corrected chi connectivity index (χ1v) is 7.45. The third kappa shape index (κ3) is 4.15. The number of hydrogen-bond donors (Lipinski definition) is 1. The van der Waals surface area contributed by atoms with Gasteiger partial charge in [0.05, 0.1) is 18.0 Å². The van der Waals surface area contributed by atoms with Gasteiger partial charge in [0.25, 0.3) is 0 Å². The van der Waals surface area contributed by atoms with E-state index >= 15 is 0 Å². The number of hydrogen-bond acceptors (Lipinski definition) is 5. The molecule has 1 aliphatic rings. The molecule has 2 heterocycles. The van der Waals surface area contributed by atoms with E-state index in [1.54, 1.807) is 7.11 Å². The Morgan fingerprint density at radius 2 is 2.10 bits per heavy atom. The van der Waals surface area contributed by atoms with Gasteiger partial charge in [-0.15, -0.1) is 0 Å². The van der Waals surface area contributed by atoms with E-state index in [1.165, 1.54) is 12.8 Å². The van der Waals surface area contributed by atoms with Crippen molar-refractivity contribution in [3.63, 3.8) is 0 Å². The summed E-state index contributed by atoms with van der Waals surface area (Å²) < 4.78 is 5.04. The summed E-state index contributed by atoms with van der Waals surface area (Å²) in [5.41, 5.74) is 2.03. The monoisotopic (exact) mass is 278 g/mol. The Morgan fingerprint density at radius 1 is 1.35 bits per heavy atom. The van der Waals surface area contributed by atoms with Gasteiger partial charge < -0.3 is 15.0 Å². The maximum atomic E-state index is 5.04. The zero-order valence-corrected chi connectivity index (χ0v) is 12.9. The number of aromatic nitrogens is 2. The van der Waals surface area contributed by atoms with E-state index in [0.29, 0.717) is 0 Å². The van der Waals surface area contributed by atoms with Gasteiger partial charge in [0.2, 0.25) is 0 Å². The summed E-state index contributed by atoms with van der Waals surface area (Å²) in [4.78, 5) is 11.4. The standard InChI is InChI=1S/C15H26N4O/c1-12-10-17-13(2)15(18-12)19-7-4-14(5-8-19)11-16-6-9-20-3/h10,14,16H,4-9,11H2,1-3H3. The Kier molecular flexibility index (Phi) is 5.73. The molecule has 0 amide bonds. The Morgan fingerprint density at radius 3 is 2.80 bits per heavy atom. The van der Waals surface area contributed by atoms with Gasteiger partial charge in [-0.1, -0.05) is 0 Å². The molecule has 0 radical (unpaired) electrons. The summed E-state index contributed by atoms with van der Waals surface area (Å²) in [7, 11) is 1.74. The second-order valence-electron chi connectivity index (χ2n) is 5.55. The van der Waals surface area contributed by atoms with Gasteiger partial charge >= 0.3 is 0 Å². The molecule has 0 bridgehead atoms. The number of anilines is 1. The molecule has 1 fully saturated rings. The van der Waals surface area contributed by atoms with Crippen molar-refractivity contribution in [3.8, 4) is 0 Å². The average molecular weight is 278 g/mol. The minimum absolute atomic E-state index is 0.765. The molecule has 1 saturated heterocycles. The average Bonchev–Trinajstić information content (AvgIpc) is 2.47. The number of piperidine rings is 1. The van der Waals surface area contributed by atoms with Crippen LogP contribution >= 0.6 is 0 Å². The van der Waals surface area contributed by atoms with Gasteiger partial charge in [0.15, 0.2) is 0 Å². The molecule has 0 spiro atoms. The smallest absolute Gasteiger partial charge is 0.150 e. The lowest BCUT2D eigenvalue weighted by Crippen LogP contribution is -2.38. The molecule has 1 aromatic rings. The molecule has 1 aromatic heterocycles. The molecule has 1 N–H and O–H groups in total. The first-order valence-electron chi connectivity index (χ1n) is 7.45. The number of ether oxygens (including phenoxy) is 1. The quantitative estimate of drug-likeness (QED) is 0.800. The number of aryl methyl sites for hydroxylation is 2. The molecule has 112 valence electrons. The molecule has 0 aliphatic carbocycles. The fourth-order valence-electron chi connectivity index (χ4n) is 2.65. The number of rotatable bonds is 6. The van der Waals surface area contributed by atoms with Crippen LogP contribution in [0.1, 0.15) is 24.2 Å². The van der Waals surface area contributed by atoms with E-state index in [-0.39, 0.29) is 0 Å². The van der Waals surface area contributed by atoms with E-state index in [4.69, 9.17) is 4.74 Å². The highest BCUT2D eigenvalue weighted by molar-refractivity contribution is 5.43. The van der Waals surface area contributed by atoms with Crippen molar-refractivity contribution >= 4 is 5.82 Å². The van der Waals surface area contributed by atoms with Crippen molar-refractivity contribution < 1.29 is 4.74 Å². The fraction of sp³-hybridized carbons (Fsp3) is 0.733. The van der Waals surface area contributed by atoms with Crippen LogP contribution < -0.4 is 10.2 Å². The van der Waals surface area contributed by atoms with Crippen LogP contribution in [0.15, 0.2) is 6.20 Å². The van der Waals surface area contributed by atoms with Gasteiger partial charge in [0.1, 0.15) is 5.82 Å². The third-order valence-electron chi connectivity index (χ3n) is 3.88. The van der Waals surface area contributed by atoms with Crippen LogP contribution in [0.4, 0.5) is 5.82 Å². The van der Waals surface area contributed by atoms with Crippen LogP contribution in [-0.2, 0) is 4.74 Å². The van der Waals surface area contributed by atoms with Crippen LogP contribution in [0, 0.1) is 19.8 Å². The van der Waals surface area contributed by atoms with E-state index in [1.807, 2.05) is 20.0 Å². The predicted molar refractivity (Wildman–Crippen MR) is 81.2 cm³/mol. The summed E-state index contributed by atoms with van der Waals surface area (Å²) in [6.07, 6.45) is 4.27. The Labute approximate surface area is 121 Å². The topological polar surface area (TPSA) is 50.3 Å². The normalized spacial score (nSPS) is 16.6. The lowest BCUT2D eigenvalue weighted by atomic mass is 9.96. The first-order chi connectivity index (χ1) is 9.70. The molecular weight excluding hydrogens is 252 g/mol. The summed E-state index contributed by atoms with van der Waals surface area (Å²) in [5.74, 6) is 1.83. The number of nitrogens with zero attached hydrogens (tertiary/aromatic N) is 3. The molecule has 0 aromatic carbocycles. The van der Waals surface area contributed by atoms with Crippen molar-refractivity contribution in [2.24, 2.45) is 5.92 Å². The van der Waals surface area contributed by atoms with Crippen molar-refractivity contribution in [2.75, 3.05) is 44.8 Å². The first kappa shape index (κ1) is 15.2. The van der Waals surface area contributed by atoms with Gasteiger partial charge in [-0.25, -0.2) is 4.98 Å². The van der Waals surface area contributed by atoms with Crippen molar-refractivity contribution in [1.29, 1.82) is 0 Å². The molecule has 0 atom stereocenters. The largest absolute Gasteiger partial charge is 0.383 e. The highest BCUT2D eigenvalue weighted by atomic mass is 16.5. The number of nitrogens with one attached hydrogen (secondary N) is 1. The highest BCUT2D eigenvalue weighted by Crippen LogP contribution is 2.23. The molecule has 0 saturated carbocycles. The van der Waals surface area contributed by atoms with Crippen LogP contribution in [0.3, 0.4) is 0 Å². The van der Waals surface area contributed by atoms with Gasteiger partial charge in [0, 0.05) is 32.9 Å². The molecular formula is C15H26N4O. The van der Waals surface area contributed by atoms with E-state index in [9.17, 15) is 0 Å². The number of methoxy groups -OCH3 is 1. The maximum absolute atomic E-state index is 5.04. The lowest BCUT2D eigenvalue weighted by molar-refractivity contribution is 0.196. The summed E-state index contributed by atoms with van der Waals surface area (Å²) in [5, 5.41) is 3.46. The highest BCUT2D eigenvalue weighted by Gasteiger charge is 2.21. The summed E-state index contributed by atoms with van der Waals surface area (Å²) >= 11 is 0. The Hall–Kier alpha value is -1.20. The predicted octanol–water partition coefficient (Wildman–Crippen LogP) is 1.55. The van der Waals surface area contributed by atoms with Gasteiger partial charge in [-0.3, -0.25) is 4.98 Å². The second kappa shape index (κ2) is 7.55. The maximum Gasteiger partial charge on any atom is 0.150 e. The van der Waals surface area contributed by atoms with E-state index < -0.39 is 0 Å². The Balaban J connectivity index is 1.80. The van der Waals surface area contributed by atoms with Crippen molar-refractivity contribution in [3.05, 3.63) is 17.6 Å². The minimum atomic E-state index is 0.765. The van der Waals surface area contributed by atoms with Crippen molar-refractivity contribution in [1.82, 2.24) is 15.3 Å². The van der Waals surface area contributed by atoms with Crippen LogP contribution in [0.5, 0.6) is 0 Å². The molecule has 5 nitrogen and oxygen atoms in total. The molecule has 2 rings (SSSR count). The molecule has 0 unspecified atom stereocenters. The zero-order valence-electron chi connectivity index (χ0n) is 12.9. The van der Waals surface area contributed by atoms with E-state index in [0.717, 1.165) is 55.9 Å². The van der Waals surface area contributed by atoms with Crippen LogP contribution in [0.25, 0.3) is 0 Å². The zero-order chi connectivity index (χ0) is 14.4. The van der Waals surface area contributed by atoms with Gasteiger partial charge in [-0.05, 0) is 39.2 Å². The third-order valence-corrected chi connectivity index (χ3v) is 3.88. The van der Waals surface area contributed by atoms with Crippen LogP contribution in [-0.4, -0.2) is 49.9 Å². The molecule has 1 aliphatic heterocycles. The summed E-state index contributed by atoms with van der Waals surface area (Å²) in [6.45, 7) is 9.03. The molecule has 20 heavy (non-hydrogen) atoms. The minimum Gasteiger partial charge on any atom is -0.383 e. The van der Waals surface area contributed by atoms with Crippen molar-refractivity contribution in [2.45, 2.75) is 26.7 Å². The summed E-state index contributed by atoms with van der Waals surface area (Å²) in [6, 6.07) is 0. The van der Waals surface area contributed by atoms with Crippen LogP contribution in [0.2, 0.25) is 0 Å². The Bertz CT molecular complexity index is 416. The van der Waals surface area contributed by atoms with Gasteiger partial charge in [-0.2, -0.15) is 0 Å². The van der Waals surface area contributed by atoms with E-state index in [2.05, 4.69) is 20.2 Å². The SMILES string of the molecule is COCCNCC1CCN(c2nc(C)cnc2C)CC1. The fourth-order valence-corrected chi connectivity index (χ4v) is 2.65.